The molecule has 2 aromatic carbocycles. The Morgan fingerprint density at radius 2 is 1.80 bits per heavy atom. The second kappa shape index (κ2) is 8.08. The van der Waals surface area contributed by atoms with E-state index in [1.165, 1.54) is 12.0 Å². The number of hydrogen-bond acceptors (Lipinski definition) is 8. The largest absolute Gasteiger partial charge is 0.454 e. The normalized spacial score (nSPS) is 13.4. The molecule has 2 aliphatic heterocycles. The molecular formula is C22H21NO7. The fraction of sp³-hybridized carbons (Fsp3) is 0.273. The Kier molecular flexibility index (Phi) is 5.33. The highest BCUT2D eigenvalue weighted by atomic mass is 16.7. The Labute approximate surface area is 173 Å². The lowest BCUT2D eigenvalue weighted by molar-refractivity contribution is -0.183. The van der Waals surface area contributed by atoms with Crippen LogP contribution in [-0.4, -0.2) is 37.4 Å². The maximum Gasteiger partial charge on any atom is 0.322 e. The standard InChI is InChI=1S/C22H21NO7/c1-4-14-8-20-21(28-11-27-20)9-16(14)18(25)7-15-5-6-19-22(29-12-26-19)17(15)10-23(3)30-13(2)24/h4-6,8-9H,1,7,10-12H2,2-3H3. The van der Waals surface area contributed by atoms with Crippen LogP contribution < -0.4 is 18.9 Å². The van der Waals surface area contributed by atoms with Crippen molar-refractivity contribution in [2.45, 2.75) is 19.9 Å². The number of hydroxylamine groups is 2. The van der Waals surface area contributed by atoms with Gasteiger partial charge in [0.05, 0.1) is 6.54 Å². The topological polar surface area (TPSA) is 83.5 Å². The molecule has 0 saturated heterocycles. The number of Topliss-reactive ketones (excluding diaryl/α,β-unsaturated/α-hetero) is 1. The highest BCUT2D eigenvalue weighted by molar-refractivity contribution is 6.01. The first kappa shape index (κ1) is 19.8. The van der Waals surface area contributed by atoms with Crippen LogP contribution >= 0.6 is 0 Å². The quantitative estimate of drug-likeness (QED) is 0.508. The molecule has 0 atom stereocenters. The van der Waals surface area contributed by atoms with Gasteiger partial charge in [-0.15, -0.1) is 5.06 Å². The number of carbonyl (C=O) groups is 2. The monoisotopic (exact) mass is 411 g/mol. The molecule has 0 saturated carbocycles. The molecule has 0 radical (unpaired) electrons. The number of rotatable bonds is 7. The van der Waals surface area contributed by atoms with E-state index in [0.29, 0.717) is 34.1 Å². The van der Waals surface area contributed by atoms with Crippen molar-refractivity contribution in [1.29, 1.82) is 0 Å². The first-order valence-electron chi connectivity index (χ1n) is 9.35. The maximum atomic E-state index is 13.2. The second-order valence-electron chi connectivity index (χ2n) is 6.90. The van der Waals surface area contributed by atoms with Crippen LogP contribution in [0.4, 0.5) is 0 Å². The van der Waals surface area contributed by atoms with Crippen molar-refractivity contribution in [3.63, 3.8) is 0 Å². The number of ether oxygens (including phenoxy) is 4. The molecule has 0 aliphatic carbocycles. The minimum absolute atomic E-state index is 0.0970. The minimum atomic E-state index is -0.434. The summed E-state index contributed by atoms with van der Waals surface area (Å²) in [5.74, 6) is 1.72. The van der Waals surface area contributed by atoms with Crippen molar-refractivity contribution in [3.05, 3.63) is 53.1 Å². The van der Waals surface area contributed by atoms with Gasteiger partial charge in [-0.1, -0.05) is 18.7 Å². The van der Waals surface area contributed by atoms with Crippen LogP contribution in [0.1, 0.15) is 34.0 Å². The predicted octanol–water partition coefficient (Wildman–Crippen LogP) is 3.12. The molecule has 156 valence electrons. The van der Waals surface area contributed by atoms with E-state index < -0.39 is 5.97 Å². The van der Waals surface area contributed by atoms with Crippen molar-refractivity contribution >= 4 is 17.8 Å². The van der Waals surface area contributed by atoms with Crippen LogP contribution in [0, 0.1) is 0 Å². The molecule has 30 heavy (non-hydrogen) atoms. The Bertz CT molecular complexity index is 1030. The van der Waals surface area contributed by atoms with Gasteiger partial charge in [0.25, 0.3) is 0 Å². The Balaban J connectivity index is 1.65. The van der Waals surface area contributed by atoms with Gasteiger partial charge < -0.3 is 23.8 Å². The van der Waals surface area contributed by atoms with Gasteiger partial charge in [-0.05, 0) is 29.3 Å². The van der Waals surface area contributed by atoms with E-state index in [0.717, 1.165) is 11.1 Å². The van der Waals surface area contributed by atoms with Gasteiger partial charge in [0, 0.05) is 31.5 Å². The molecule has 0 amide bonds. The van der Waals surface area contributed by atoms with E-state index in [9.17, 15) is 9.59 Å². The van der Waals surface area contributed by atoms with Crippen molar-refractivity contribution in [1.82, 2.24) is 5.06 Å². The van der Waals surface area contributed by atoms with Crippen LogP contribution in [0.3, 0.4) is 0 Å². The van der Waals surface area contributed by atoms with Crippen molar-refractivity contribution < 1.29 is 33.4 Å². The smallest absolute Gasteiger partial charge is 0.322 e. The van der Waals surface area contributed by atoms with E-state index in [2.05, 4.69) is 6.58 Å². The predicted molar refractivity (Wildman–Crippen MR) is 106 cm³/mol. The zero-order valence-corrected chi connectivity index (χ0v) is 16.7. The van der Waals surface area contributed by atoms with Crippen LogP contribution in [0.25, 0.3) is 6.08 Å². The average Bonchev–Trinajstić information content (AvgIpc) is 3.36. The van der Waals surface area contributed by atoms with E-state index in [1.807, 2.05) is 6.07 Å². The third-order valence-electron chi connectivity index (χ3n) is 4.82. The molecule has 0 bridgehead atoms. The third-order valence-corrected chi connectivity index (χ3v) is 4.82. The zero-order valence-electron chi connectivity index (χ0n) is 16.7. The van der Waals surface area contributed by atoms with Gasteiger partial charge in [-0.2, -0.15) is 0 Å². The van der Waals surface area contributed by atoms with Gasteiger partial charge in [0.15, 0.2) is 28.8 Å². The highest BCUT2D eigenvalue weighted by Crippen LogP contribution is 2.39. The Hall–Kier alpha value is -3.52. The number of carbonyl (C=O) groups excluding carboxylic acids is 2. The number of benzene rings is 2. The molecule has 8 nitrogen and oxygen atoms in total. The SMILES string of the molecule is C=Cc1cc2c(cc1C(=O)Cc1ccc3c(c1CN(C)OC(C)=O)OCO3)OCO2. The lowest BCUT2D eigenvalue weighted by Crippen LogP contribution is -2.22. The summed E-state index contributed by atoms with van der Waals surface area (Å²) < 4.78 is 21.9. The molecule has 0 fully saturated rings. The summed E-state index contributed by atoms with van der Waals surface area (Å²) in [5.41, 5.74) is 2.63. The number of ketones is 1. The van der Waals surface area contributed by atoms with Crippen molar-refractivity contribution in [2.75, 3.05) is 20.6 Å². The van der Waals surface area contributed by atoms with Crippen molar-refractivity contribution in [3.8, 4) is 23.0 Å². The van der Waals surface area contributed by atoms with Gasteiger partial charge in [0.1, 0.15) is 0 Å². The first-order valence-corrected chi connectivity index (χ1v) is 9.35. The summed E-state index contributed by atoms with van der Waals surface area (Å²) in [6, 6.07) is 7.02. The third kappa shape index (κ3) is 3.81. The molecule has 2 aliphatic rings. The lowest BCUT2D eigenvalue weighted by atomic mass is 9.94. The summed E-state index contributed by atoms with van der Waals surface area (Å²) in [6.45, 7) is 5.58. The van der Waals surface area contributed by atoms with Crippen LogP contribution in [0.15, 0.2) is 30.8 Å². The summed E-state index contributed by atoms with van der Waals surface area (Å²) >= 11 is 0. The van der Waals surface area contributed by atoms with E-state index in [4.69, 9.17) is 23.8 Å². The molecule has 0 aromatic heterocycles. The summed E-state index contributed by atoms with van der Waals surface area (Å²) in [4.78, 5) is 29.6. The number of fused-ring (bicyclic) bond motifs is 2. The average molecular weight is 411 g/mol. The molecular weight excluding hydrogens is 390 g/mol. The Morgan fingerprint density at radius 3 is 2.53 bits per heavy atom. The van der Waals surface area contributed by atoms with Crippen molar-refractivity contribution in [2.24, 2.45) is 0 Å². The summed E-state index contributed by atoms with van der Waals surface area (Å²) in [5, 5.41) is 1.39. The first-order chi connectivity index (χ1) is 14.5. The molecule has 0 N–H and O–H groups in total. The lowest BCUT2D eigenvalue weighted by Gasteiger charge is -2.19. The fourth-order valence-corrected chi connectivity index (χ4v) is 3.52. The minimum Gasteiger partial charge on any atom is -0.454 e. The van der Waals surface area contributed by atoms with E-state index in [1.54, 1.807) is 31.3 Å². The highest BCUT2D eigenvalue weighted by Gasteiger charge is 2.25. The van der Waals surface area contributed by atoms with Crippen LogP contribution in [0.5, 0.6) is 23.0 Å². The second-order valence-corrected chi connectivity index (χ2v) is 6.90. The van der Waals surface area contributed by atoms with Gasteiger partial charge in [0.2, 0.25) is 13.6 Å². The molecule has 2 heterocycles. The molecule has 2 aromatic rings. The van der Waals surface area contributed by atoms with Gasteiger partial charge >= 0.3 is 5.97 Å². The summed E-state index contributed by atoms with van der Waals surface area (Å²) in [6.07, 6.45) is 1.73. The fourth-order valence-electron chi connectivity index (χ4n) is 3.52. The van der Waals surface area contributed by atoms with Gasteiger partial charge in [-0.25, -0.2) is 0 Å². The number of hydrogen-bond donors (Lipinski definition) is 0. The summed E-state index contributed by atoms with van der Waals surface area (Å²) in [7, 11) is 1.63. The van der Waals surface area contributed by atoms with E-state index >= 15 is 0 Å². The van der Waals surface area contributed by atoms with Gasteiger partial charge in [-0.3, -0.25) is 9.59 Å². The number of nitrogens with zero attached hydrogens (tertiary/aromatic N) is 1. The van der Waals surface area contributed by atoms with Crippen LogP contribution in [0.2, 0.25) is 0 Å². The van der Waals surface area contributed by atoms with E-state index in [-0.39, 0.29) is 32.3 Å². The maximum absolute atomic E-state index is 13.2. The van der Waals surface area contributed by atoms with Crippen LogP contribution in [-0.2, 0) is 22.6 Å². The Morgan fingerprint density at radius 1 is 1.10 bits per heavy atom. The molecule has 0 unspecified atom stereocenters. The molecule has 4 rings (SSSR count). The zero-order chi connectivity index (χ0) is 21.3. The molecule has 0 spiro atoms. The molecule has 8 heteroatoms.